The van der Waals surface area contributed by atoms with Crippen LogP contribution in [0.3, 0.4) is 0 Å². The Morgan fingerprint density at radius 3 is 2.55 bits per heavy atom. The number of hydrogen-bond acceptors (Lipinski definition) is 5. The Balaban J connectivity index is 2.58. The molecule has 1 rings (SSSR count). The molecule has 1 N–H and O–H groups in total. The van der Waals surface area contributed by atoms with Crippen molar-refractivity contribution in [2.45, 2.75) is 6.92 Å². The number of hydrogen-bond donors (Lipinski definition) is 1. The first-order valence-corrected chi connectivity index (χ1v) is 5.97. The van der Waals surface area contributed by atoms with Crippen LogP contribution in [0.4, 0.5) is 0 Å². The molecule has 0 bridgehead atoms. The number of ether oxygens (including phenoxy) is 2. The molecule has 0 radical (unpaired) electrons. The Hall–Kier alpha value is -2.37. The lowest BCUT2D eigenvalue weighted by molar-refractivity contribution is -0.162. The van der Waals surface area contributed by atoms with Gasteiger partial charge in [-0.25, -0.2) is 4.79 Å². The van der Waals surface area contributed by atoms with Crippen LogP contribution in [0.25, 0.3) is 0 Å². The number of esters is 2. The van der Waals surface area contributed by atoms with Gasteiger partial charge in [-0.05, 0) is 6.92 Å². The fraction of sp³-hybridized carbons (Fsp3) is 0.357. The highest BCUT2D eigenvalue weighted by molar-refractivity contribution is 5.88. The Bertz CT molecular complexity index is 476. The summed E-state index contributed by atoms with van der Waals surface area (Å²) in [6, 6.07) is 0. The molecule has 0 aromatic carbocycles. The second-order valence-corrected chi connectivity index (χ2v) is 4.35. The van der Waals surface area contributed by atoms with Gasteiger partial charge in [0.2, 0.25) is 0 Å². The Morgan fingerprint density at radius 2 is 1.95 bits per heavy atom. The zero-order valence-corrected chi connectivity index (χ0v) is 11.1. The van der Waals surface area contributed by atoms with Gasteiger partial charge in [-0.1, -0.05) is 30.9 Å². The number of carboxylic acids is 1. The molecule has 20 heavy (non-hydrogen) atoms. The molecule has 0 heterocycles. The van der Waals surface area contributed by atoms with Crippen molar-refractivity contribution in [1.82, 2.24) is 0 Å². The lowest BCUT2D eigenvalue weighted by atomic mass is 9.74. The van der Waals surface area contributed by atoms with E-state index in [0.717, 1.165) is 6.08 Å². The van der Waals surface area contributed by atoms with Crippen LogP contribution in [0.15, 0.2) is 37.0 Å². The lowest BCUT2D eigenvalue weighted by Gasteiger charge is -2.29. The predicted octanol–water partition coefficient (Wildman–Crippen LogP) is 1.09. The molecule has 0 aromatic heterocycles. The third-order valence-corrected chi connectivity index (χ3v) is 2.94. The molecule has 2 atom stereocenters. The summed E-state index contributed by atoms with van der Waals surface area (Å²) in [4.78, 5) is 34.0. The first kappa shape index (κ1) is 15.7. The van der Waals surface area contributed by atoms with Crippen molar-refractivity contribution >= 4 is 17.9 Å². The minimum Gasteiger partial charge on any atom is -0.481 e. The Morgan fingerprint density at radius 1 is 1.30 bits per heavy atom. The van der Waals surface area contributed by atoms with Crippen LogP contribution in [0.5, 0.6) is 0 Å². The molecule has 0 saturated carbocycles. The Labute approximate surface area is 116 Å². The summed E-state index contributed by atoms with van der Waals surface area (Å²) in [6.45, 7) is 4.47. The van der Waals surface area contributed by atoms with Crippen molar-refractivity contribution < 1.29 is 29.0 Å². The zero-order valence-electron chi connectivity index (χ0n) is 11.1. The maximum absolute atomic E-state index is 12.0. The van der Waals surface area contributed by atoms with E-state index in [4.69, 9.17) is 9.84 Å². The van der Waals surface area contributed by atoms with Crippen molar-refractivity contribution in [3.05, 3.63) is 37.0 Å². The first-order valence-electron chi connectivity index (χ1n) is 5.97. The van der Waals surface area contributed by atoms with Gasteiger partial charge in [0.25, 0.3) is 0 Å². The molecule has 0 fully saturated rings. The van der Waals surface area contributed by atoms with Gasteiger partial charge < -0.3 is 14.6 Å². The van der Waals surface area contributed by atoms with E-state index in [1.165, 1.54) is 19.1 Å². The first-order chi connectivity index (χ1) is 9.41. The van der Waals surface area contributed by atoms with E-state index < -0.39 is 29.2 Å². The molecule has 1 aliphatic carbocycles. The van der Waals surface area contributed by atoms with Crippen molar-refractivity contribution in [2.24, 2.45) is 11.3 Å². The summed E-state index contributed by atoms with van der Waals surface area (Å²) in [7, 11) is 0. The van der Waals surface area contributed by atoms with E-state index >= 15 is 0 Å². The maximum atomic E-state index is 12.0. The fourth-order valence-electron chi connectivity index (χ4n) is 1.76. The predicted molar refractivity (Wildman–Crippen MR) is 69.6 cm³/mol. The highest BCUT2D eigenvalue weighted by atomic mass is 16.6. The minimum absolute atomic E-state index is 0.107. The average molecular weight is 280 g/mol. The van der Waals surface area contributed by atoms with Crippen LogP contribution < -0.4 is 0 Å². The van der Waals surface area contributed by atoms with Gasteiger partial charge in [0, 0.05) is 6.08 Å². The highest BCUT2D eigenvalue weighted by Crippen LogP contribution is 2.34. The summed E-state index contributed by atoms with van der Waals surface area (Å²) in [6.07, 6.45) is 7.08. The van der Waals surface area contributed by atoms with Crippen molar-refractivity contribution in [3.63, 3.8) is 0 Å². The van der Waals surface area contributed by atoms with Crippen LogP contribution in [-0.4, -0.2) is 36.2 Å². The van der Waals surface area contributed by atoms with E-state index in [1.54, 1.807) is 12.2 Å². The fourth-order valence-corrected chi connectivity index (χ4v) is 1.76. The van der Waals surface area contributed by atoms with E-state index in [9.17, 15) is 14.4 Å². The molecule has 0 amide bonds. The normalized spacial score (nSPS) is 23.9. The number of aliphatic carboxylic acids is 1. The maximum Gasteiger partial charge on any atom is 0.330 e. The van der Waals surface area contributed by atoms with E-state index in [2.05, 4.69) is 11.3 Å². The van der Waals surface area contributed by atoms with Crippen LogP contribution >= 0.6 is 0 Å². The summed E-state index contributed by atoms with van der Waals surface area (Å²) in [5.41, 5.74) is -1.27. The van der Waals surface area contributed by atoms with E-state index in [1.807, 2.05) is 0 Å². The van der Waals surface area contributed by atoms with Crippen LogP contribution in [-0.2, 0) is 23.9 Å². The van der Waals surface area contributed by atoms with Gasteiger partial charge in [0.15, 0.2) is 0 Å². The molecule has 0 spiro atoms. The van der Waals surface area contributed by atoms with Gasteiger partial charge in [-0.3, -0.25) is 9.59 Å². The number of allylic oxidation sites excluding steroid dienone is 2. The van der Waals surface area contributed by atoms with E-state index in [0.29, 0.717) is 0 Å². The second-order valence-electron chi connectivity index (χ2n) is 4.35. The topological polar surface area (TPSA) is 89.9 Å². The molecule has 1 aliphatic rings. The van der Waals surface area contributed by atoms with Crippen molar-refractivity contribution in [3.8, 4) is 0 Å². The largest absolute Gasteiger partial charge is 0.481 e. The lowest BCUT2D eigenvalue weighted by Crippen LogP contribution is -2.40. The summed E-state index contributed by atoms with van der Waals surface area (Å²) in [5.74, 6) is -3.39. The number of carbonyl (C=O) groups is 3. The summed E-state index contributed by atoms with van der Waals surface area (Å²) < 4.78 is 9.61. The van der Waals surface area contributed by atoms with Crippen molar-refractivity contribution in [1.29, 1.82) is 0 Å². The average Bonchev–Trinajstić information content (AvgIpc) is 2.43. The quantitative estimate of drug-likeness (QED) is 0.445. The smallest absolute Gasteiger partial charge is 0.330 e. The molecule has 6 heteroatoms. The number of carboxylic acid groups (broad SMARTS) is 1. The molecule has 2 unspecified atom stereocenters. The molecule has 6 nitrogen and oxygen atoms in total. The van der Waals surface area contributed by atoms with Crippen LogP contribution in [0, 0.1) is 11.3 Å². The third-order valence-electron chi connectivity index (χ3n) is 2.94. The standard InChI is InChI=1S/C14H16O6/c1-3-11(15)19-8-9-20-13(18)14(2)7-5-4-6-10(14)12(16)17/h3-7,10H,1,8-9H2,2H3,(H,16,17). The van der Waals surface area contributed by atoms with Crippen LogP contribution in [0.2, 0.25) is 0 Å². The van der Waals surface area contributed by atoms with E-state index in [-0.39, 0.29) is 13.2 Å². The monoisotopic (exact) mass is 280 g/mol. The minimum atomic E-state index is -1.27. The van der Waals surface area contributed by atoms with Gasteiger partial charge in [0.1, 0.15) is 18.6 Å². The SMILES string of the molecule is C=CC(=O)OCCOC(=O)C1(C)C=CC=CC1C(=O)O. The molecule has 0 aromatic rings. The summed E-state index contributed by atoms with van der Waals surface area (Å²) in [5, 5.41) is 9.13. The molecular weight excluding hydrogens is 264 g/mol. The molecular formula is C14H16O6. The van der Waals surface area contributed by atoms with Gasteiger partial charge in [0.05, 0.1) is 5.92 Å². The summed E-state index contributed by atoms with van der Waals surface area (Å²) >= 11 is 0. The van der Waals surface area contributed by atoms with Gasteiger partial charge in [-0.15, -0.1) is 0 Å². The molecule has 0 aliphatic heterocycles. The Kier molecular flexibility index (Phi) is 5.25. The van der Waals surface area contributed by atoms with Crippen molar-refractivity contribution in [2.75, 3.05) is 13.2 Å². The second kappa shape index (κ2) is 6.70. The zero-order chi connectivity index (χ0) is 15.2. The van der Waals surface area contributed by atoms with Crippen LogP contribution in [0.1, 0.15) is 6.92 Å². The van der Waals surface area contributed by atoms with Gasteiger partial charge in [-0.2, -0.15) is 0 Å². The molecule has 0 saturated heterocycles. The van der Waals surface area contributed by atoms with Gasteiger partial charge >= 0.3 is 17.9 Å². The number of carbonyl (C=O) groups excluding carboxylic acids is 2. The third kappa shape index (κ3) is 3.57. The molecule has 108 valence electrons. The number of rotatable bonds is 6. The highest BCUT2D eigenvalue weighted by Gasteiger charge is 2.44.